The predicted octanol–water partition coefficient (Wildman–Crippen LogP) is 1.58. The molecule has 3 aliphatic heterocycles. The molecule has 3 heterocycles. The molecule has 1 spiro atoms. The second-order valence-corrected chi connectivity index (χ2v) is 9.16. The minimum atomic E-state index is -1.57. The number of nitrogens with one attached hydrogen (secondary N) is 2. The normalized spacial score (nSPS) is 27.8. The van der Waals surface area contributed by atoms with Crippen LogP contribution in [-0.2, 0) is 31.3 Å². The molecule has 8 nitrogen and oxygen atoms in total. The Bertz CT molecular complexity index is 1230. The van der Waals surface area contributed by atoms with Crippen LogP contribution in [0.2, 0.25) is 5.02 Å². The van der Waals surface area contributed by atoms with Crippen molar-refractivity contribution in [1.29, 1.82) is 0 Å². The fourth-order valence-electron chi connectivity index (χ4n) is 5.41. The van der Waals surface area contributed by atoms with Crippen LogP contribution in [0.15, 0.2) is 36.4 Å². The topological polar surface area (TPSA) is 122 Å². The zero-order valence-corrected chi connectivity index (χ0v) is 18.3. The van der Waals surface area contributed by atoms with E-state index in [2.05, 4.69) is 10.6 Å². The highest BCUT2D eigenvalue weighted by Crippen LogP contribution is 2.54. The molecule has 0 radical (unpaired) electrons. The summed E-state index contributed by atoms with van der Waals surface area (Å²) >= 11 is 6.28. The highest BCUT2D eigenvalue weighted by atomic mass is 35.5. The molecule has 0 saturated carbocycles. The van der Waals surface area contributed by atoms with Crippen LogP contribution in [0.25, 0.3) is 0 Å². The van der Waals surface area contributed by atoms with E-state index in [1.165, 1.54) is 24.3 Å². The number of likely N-dealkylation sites (tertiary alicyclic amines) is 1. The Kier molecular flexibility index (Phi) is 4.80. The number of benzene rings is 2. The molecule has 4 N–H and O–H groups in total. The van der Waals surface area contributed by atoms with Crippen molar-refractivity contribution in [1.82, 2.24) is 10.2 Å². The number of nitrogens with two attached hydrogens (primary N) is 1. The molecule has 2 aromatic carbocycles. The van der Waals surface area contributed by atoms with Gasteiger partial charge in [0.2, 0.25) is 23.6 Å². The first-order valence-electron chi connectivity index (χ1n) is 10.4. The van der Waals surface area contributed by atoms with Gasteiger partial charge in [0.15, 0.2) is 0 Å². The lowest BCUT2D eigenvalue weighted by Gasteiger charge is -2.29. The zero-order valence-electron chi connectivity index (χ0n) is 17.5. The van der Waals surface area contributed by atoms with Gasteiger partial charge in [-0.1, -0.05) is 23.7 Å². The third-order valence-corrected chi connectivity index (χ3v) is 6.97. The van der Waals surface area contributed by atoms with Crippen molar-refractivity contribution in [2.75, 3.05) is 5.32 Å². The van der Waals surface area contributed by atoms with Crippen LogP contribution in [0, 0.1) is 24.6 Å². The number of hydrogen-bond acceptors (Lipinski definition) is 5. The van der Waals surface area contributed by atoms with Crippen molar-refractivity contribution >= 4 is 40.9 Å². The molecule has 0 unspecified atom stereocenters. The van der Waals surface area contributed by atoms with Crippen molar-refractivity contribution in [2.24, 2.45) is 17.6 Å². The molecule has 2 saturated heterocycles. The maximum absolute atomic E-state index is 13.6. The number of halogens is 2. The Morgan fingerprint density at radius 3 is 2.55 bits per heavy atom. The van der Waals surface area contributed by atoms with Gasteiger partial charge in [0.1, 0.15) is 11.4 Å². The van der Waals surface area contributed by atoms with E-state index in [0.717, 1.165) is 4.90 Å². The van der Waals surface area contributed by atoms with Crippen molar-refractivity contribution in [3.63, 3.8) is 0 Å². The summed E-state index contributed by atoms with van der Waals surface area (Å²) in [6, 6.07) is 7.92. The maximum atomic E-state index is 13.6. The number of anilines is 1. The molecule has 33 heavy (non-hydrogen) atoms. The third-order valence-electron chi connectivity index (χ3n) is 6.75. The first kappa shape index (κ1) is 21.5. The molecule has 5 rings (SSSR count). The van der Waals surface area contributed by atoms with Gasteiger partial charge in [0, 0.05) is 28.7 Å². The van der Waals surface area contributed by atoms with Crippen molar-refractivity contribution in [3.05, 3.63) is 63.9 Å². The van der Waals surface area contributed by atoms with Gasteiger partial charge < -0.3 is 11.1 Å². The van der Waals surface area contributed by atoms with Crippen LogP contribution in [0.5, 0.6) is 0 Å². The fraction of sp³-hybridized carbons (Fsp3) is 0.304. The monoisotopic (exact) mass is 470 g/mol. The molecule has 10 heteroatoms. The van der Waals surface area contributed by atoms with Crippen molar-refractivity contribution < 1.29 is 23.6 Å². The lowest BCUT2D eigenvalue weighted by molar-refractivity contribution is -0.143. The molecular formula is C23H20ClFN4O4. The summed E-state index contributed by atoms with van der Waals surface area (Å²) in [6.07, 6.45) is -0.228. The van der Waals surface area contributed by atoms with E-state index in [1.54, 1.807) is 19.1 Å². The second-order valence-electron chi connectivity index (χ2n) is 8.72. The highest BCUT2D eigenvalue weighted by Gasteiger charge is 2.70. The smallest absolute Gasteiger partial charge is 0.250 e. The number of hydrogen-bond donors (Lipinski definition) is 3. The molecule has 170 valence electrons. The summed E-state index contributed by atoms with van der Waals surface area (Å²) in [6.45, 7) is 1.70. The summed E-state index contributed by atoms with van der Waals surface area (Å²) < 4.78 is 13.3. The summed E-state index contributed by atoms with van der Waals surface area (Å²) in [5.74, 6) is -4.71. The van der Waals surface area contributed by atoms with E-state index in [1.807, 2.05) is 0 Å². The van der Waals surface area contributed by atoms with E-state index < -0.39 is 52.9 Å². The van der Waals surface area contributed by atoms with E-state index in [0.29, 0.717) is 27.4 Å². The van der Waals surface area contributed by atoms with Gasteiger partial charge in [-0.2, -0.15) is 0 Å². The van der Waals surface area contributed by atoms with Crippen LogP contribution in [0.3, 0.4) is 0 Å². The van der Waals surface area contributed by atoms with Crippen LogP contribution in [0.1, 0.15) is 23.1 Å². The van der Waals surface area contributed by atoms with Gasteiger partial charge in [-0.05, 0) is 42.3 Å². The number of primary amides is 1. The van der Waals surface area contributed by atoms with E-state index in [-0.39, 0.29) is 13.0 Å². The van der Waals surface area contributed by atoms with Gasteiger partial charge in [-0.15, -0.1) is 0 Å². The molecular weight excluding hydrogens is 451 g/mol. The molecule has 0 aromatic heterocycles. The minimum absolute atomic E-state index is 0.0760. The van der Waals surface area contributed by atoms with Crippen molar-refractivity contribution in [2.45, 2.75) is 31.5 Å². The standard InChI is InChI=1S/C23H20ClFN4O4/c1-10-6-12(24)7-14-19(10)27-22(33)23(14)18-17(15(28-23)8-16(26)30)20(31)29(21(18)32)9-11-2-4-13(25)5-3-11/h2-7,15,17-18,28H,8-9H2,1H3,(H2,26,30)(H,27,33)/t15-,17+,18-,23+/m0/s1. The SMILES string of the molecule is Cc1cc(Cl)cc2c1NC(=O)[C@@]21N[C@@H](CC(N)=O)[C@H]2C(=O)N(Cc3ccc(F)cc3)C(=O)[C@H]21. The van der Waals surface area contributed by atoms with Gasteiger partial charge >= 0.3 is 0 Å². The van der Waals surface area contributed by atoms with Gasteiger partial charge in [-0.3, -0.25) is 29.4 Å². The molecule has 2 fully saturated rings. The first-order chi connectivity index (χ1) is 15.6. The molecule has 0 bridgehead atoms. The Morgan fingerprint density at radius 2 is 1.88 bits per heavy atom. The third kappa shape index (κ3) is 3.07. The number of imide groups is 1. The molecule has 3 aliphatic rings. The van der Waals surface area contributed by atoms with Gasteiger partial charge in [0.05, 0.1) is 18.4 Å². The van der Waals surface area contributed by atoms with Crippen LogP contribution in [-0.4, -0.2) is 34.6 Å². The molecule has 0 aliphatic carbocycles. The maximum Gasteiger partial charge on any atom is 0.250 e. The lowest BCUT2D eigenvalue weighted by atomic mass is 9.76. The predicted molar refractivity (Wildman–Crippen MR) is 116 cm³/mol. The van der Waals surface area contributed by atoms with Crippen molar-refractivity contribution in [3.8, 4) is 0 Å². The Balaban J connectivity index is 1.62. The highest BCUT2D eigenvalue weighted by molar-refractivity contribution is 6.31. The van der Waals surface area contributed by atoms with Crippen LogP contribution in [0.4, 0.5) is 10.1 Å². The number of carbonyl (C=O) groups is 4. The average molecular weight is 471 g/mol. The zero-order chi connectivity index (χ0) is 23.7. The van der Waals surface area contributed by atoms with E-state index in [9.17, 15) is 23.6 Å². The number of fused-ring (bicyclic) bond motifs is 4. The molecule has 4 amide bonds. The van der Waals surface area contributed by atoms with Crippen LogP contribution < -0.4 is 16.4 Å². The summed E-state index contributed by atoms with van der Waals surface area (Å²) in [7, 11) is 0. The summed E-state index contributed by atoms with van der Waals surface area (Å²) in [4.78, 5) is 53.3. The molecule has 4 atom stereocenters. The number of carbonyl (C=O) groups excluding carboxylic acids is 4. The van der Waals surface area contributed by atoms with Gasteiger partial charge in [-0.25, -0.2) is 4.39 Å². The average Bonchev–Trinajstić information content (AvgIpc) is 3.31. The van der Waals surface area contributed by atoms with E-state index in [4.69, 9.17) is 17.3 Å². The quantitative estimate of drug-likeness (QED) is 0.586. The molecule has 2 aromatic rings. The first-order valence-corrected chi connectivity index (χ1v) is 10.8. The minimum Gasteiger partial charge on any atom is -0.370 e. The van der Waals surface area contributed by atoms with Crippen LogP contribution >= 0.6 is 11.6 Å². The number of aryl methyl sites for hydroxylation is 1. The largest absolute Gasteiger partial charge is 0.370 e. The number of nitrogens with zero attached hydrogens (tertiary/aromatic N) is 1. The summed E-state index contributed by atoms with van der Waals surface area (Å²) in [5.41, 5.74) is 6.10. The lowest BCUT2D eigenvalue weighted by Crippen LogP contribution is -2.53. The van der Waals surface area contributed by atoms with Gasteiger partial charge in [0.25, 0.3) is 0 Å². The fourth-order valence-corrected chi connectivity index (χ4v) is 5.69. The Labute approximate surface area is 193 Å². The van der Waals surface area contributed by atoms with E-state index >= 15 is 0 Å². The Hall–Kier alpha value is -3.30. The Morgan fingerprint density at radius 1 is 1.18 bits per heavy atom. The summed E-state index contributed by atoms with van der Waals surface area (Å²) in [5, 5.41) is 6.32. The number of rotatable bonds is 4. The number of amides is 4. The second kappa shape index (κ2) is 7.36.